The van der Waals surface area contributed by atoms with E-state index >= 15 is 0 Å². The number of ether oxygens (including phenoxy) is 2. The zero-order chi connectivity index (χ0) is 50.9. The number of anilines is 1. The van der Waals surface area contributed by atoms with Gasteiger partial charge in [0.1, 0.15) is 29.5 Å². The van der Waals surface area contributed by atoms with Crippen molar-refractivity contribution in [1.29, 1.82) is 0 Å². The summed E-state index contributed by atoms with van der Waals surface area (Å²) in [6.45, 7) is 14.0. The first kappa shape index (κ1) is 62.1. The first-order valence-electron chi connectivity index (χ1n) is 19.4. The number of benzene rings is 2. The molecule has 1 atom stereocenters. The molecule has 0 aliphatic carbocycles. The number of halogens is 8. The normalized spacial score (nSPS) is 11.2. The van der Waals surface area contributed by atoms with Crippen molar-refractivity contribution in [2.24, 2.45) is 0 Å². The number of para-hydroxylation sites is 1. The van der Waals surface area contributed by atoms with Crippen LogP contribution in [0.25, 0.3) is 5.69 Å². The highest BCUT2D eigenvalue weighted by Gasteiger charge is 2.24. The zero-order valence-electron chi connectivity index (χ0n) is 36.6. The fourth-order valence-corrected chi connectivity index (χ4v) is 6.47. The maximum absolute atomic E-state index is 14.2. The summed E-state index contributed by atoms with van der Waals surface area (Å²) in [5, 5.41) is 12.6. The van der Waals surface area contributed by atoms with Crippen LogP contribution in [-0.2, 0) is 46.1 Å². The van der Waals surface area contributed by atoms with Crippen LogP contribution in [0.15, 0.2) is 60.4 Å². The topological polar surface area (TPSA) is 223 Å². The van der Waals surface area contributed by atoms with Gasteiger partial charge in [-0.15, -0.1) is 41.5 Å². The van der Waals surface area contributed by atoms with Crippen LogP contribution in [0.1, 0.15) is 49.8 Å². The van der Waals surface area contributed by atoms with Gasteiger partial charge in [-0.05, 0) is 62.9 Å². The van der Waals surface area contributed by atoms with Gasteiger partial charge < -0.3 is 29.3 Å². The summed E-state index contributed by atoms with van der Waals surface area (Å²) >= 11 is 28.4. The fraction of sp³-hybridized carbons (Fsp3) is 0.450. The molecule has 0 saturated carbocycles. The number of amides is 2. The minimum Gasteiger partial charge on any atom is -0.480 e. The number of rotatable bonds is 21. The molecule has 3 aromatic rings. The summed E-state index contributed by atoms with van der Waals surface area (Å²) in [4.78, 5) is 75.1. The van der Waals surface area contributed by atoms with Crippen LogP contribution in [-0.4, -0.2) is 120 Å². The van der Waals surface area contributed by atoms with Gasteiger partial charge in [0.15, 0.2) is 10.7 Å². The Kier molecular flexibility index (Phi) is 30.0. The van der Waals surface area contributed by atoms with Crippen molar-refractivity contribution in [2.45, 2.75) is 64.2 Å². The van der Waals surface area contributed by atoms with E-state index in [9.17, 15) is 41.7 Å². The molecule has 1 aromatic heterocycles. The standard InChI is InChI=1S/C15H14Cl2F3N3O3.C14H20ClNO2.C8H11Cl2NO.C3H8NO5P/c1-3-26-13(24)10(17)4-8-5-12(11(18)6-9(8)16)23-15(25)22(14(19)20)7(2)21-23;1-4-12-8-6-7-11(3)14(12)16(10-18-5-2)13(17)9-15;1-3-5-11(6-4-2)8(12)7(9)10;5-3(6)1-4-2-10(7,8)9/h5-6,10,14H,3-4H2,1-2H3;6-8H,4-5,9-10H2,1-3H3;3-4,7H,1-2,5-6H2;4H,1-2H2,(H,5,6)(H2,7,8,9). The van der Waals surface area contributed by atoms with Gasteiger partial charge >= 0.3 is 31.8 Å². The van der Waals surface area contributed by atoms with Crippen LogP contribution in [0.5, 0.6) is 0 Å². The number of aromatic nitrogens is 3. The van der Waals surface area contributed by atoms with Crippen molar-refractivity contribution in [3.63, 3.8) is 0 Å². The first-order chi connectivity index (χ1) is 30.9. The number of nitrogens with zero attached hydrogens (tertiary/aromatic N) is 5. The monoisotopic (exact) mass is 1060 g/mol. The van der Waals surface area contributed by atoms with E-state index in [4.69, 9.17) is 82.4 Å². The van der Waals surface area contributed by atoms with Crippen molar-refractivity contribution in [1.82, 2.24) is 24.6 Å². The summed E-state index contributed by atoms with van der Waals surface area (Å²) in [7, 11) is -4.10. The molecule has 0 saturated heterocycles. The Hall–Kier alpha value is -3.95. The molecular weight excluding hydrogens is 1010 g/mol. The second-order valence-corrected chi connectivity index (χ2v) is 16.9. The number of carboxylic acids is 1. The number of hydrogen-bond donors (Lipinski definition) is 4. The van der Waals surface area contributed by atoms with E-state index in [0.29, 0.717) is 24.4 Å². The lowest BCUT2D eigenvalue weighted by Crippen LogP contribution is -2.35. The van der Waals surface area contributed by atoms with Gasteiger partial charge in [-0.2, -0.15) is 13.5 Å². The van der Waals surface area contributed by atoms with Crippen molar-refractivity contribution in [3.05, 3.63) is 99.5 Å². The Labute approximate surface area is 405 Å². The number of aliphatic carboxylic acids is 1. The number of hydrogen-bond acceptors (Lipinski definition) is 10. The lowest BCUT2D eigenvalue weighted by Gasteiger charge is -2.25. The average Bonchev–Trinajstić information content (AvgIpc) is 3.54. The van der Waals surface area contributed by atoms with Gasteiger partial charge in [0.25, 0.3) is 5.91 Å². The number of carboxylic acid groups (broad SMARTS) is 1. The van der Waals surface area contributed by atoms with Crippen molar-refractivity contribution in [3.8, 4) is 5.69 Å². The Balaban J connectivity index is 0.000000919. The van der Waals surface area contributed by atoms with Gasteiger partial charge in [0.05, 0.1) is 25.1 Å². The smallest absolute Gasteiger partial charge is 0.355 e. The van der Waals surface area contributed by atoms with Gasteiger partial charge in [-0.25, -0.2) is 13.8 Å². The van der Waals surface area contributed by atoms with E-state index in [1.54, 1.807) is 24.0 Å². The molecule has 66 heavy (non-hydrogen) atoms. The Morgan fingerprint density at radius 1 is 1.02 bits per heavy atom. The van der Waals surface area contributed by atoms with Crippen molar-refractivity contribution < 1.29 is 61.3 Å². The molecule has 17 nitrogen and oxygen atoms in total. The molecule has 370 valence electrons. The lowest BCUT2D eigenvalue weighted by atomic mass is 10.0. The van der Waals surface area contributed by atoms with E-state index in [1.807, 2.05) is 32.0 Å². The molecule has 0 bridgehead atoms. The average molecular weight is 1060 g/mol. The van der Waals surface area contributed by atoms with Crippen LogP contribution < -0.4 is 15.9 Å². The van der Waals surface area contributed by atoms with Gasteiger partial charge in [-0.1, -0.05) is 72.1 Å². The van der Waals surface area contributed by atoms with E-state index < -0.39 is 60.6 Å². The molecule has 0 aliphatic rings. The predicted octanol–water partition coefficient (Wildman–Crippen LogP) is 7.15. The van der Waals surface area contributed by atoms with E-state index in [1.165, 1.54) is 11.8 Å². The summed E-state index contributed by atoms with van der Waals surface area (Å²) in [6, 6.07) is 8.06. The van der Waals surface area contributed by atoms with E-state index in [0.717, 1.165) is 35.4 Å². The SMILES string of the molecule is C=CCN(CC=C)C(=O)C(Cl)Cl.CCOC(=O)C(Cl)Cc1cc(-n2nc(C)n(C(F)F)c2=O)c(F)cc1Cl.CCOCN(C(=O)CCl)c1c(C)cccc1CC.O=C(O)CNCP(=O)(O)O. The maximum Gasteiger partial charge on any atom is 0.355 e. The first-order valence-corrected chi connectivity index (χ1v) is 23.4. The molecule has 1 unspecified atom stereocenters. The molecule has 0 spiro atoms. The Morgan fingerprint density at radius 2 is 1.62 bits per heavy atom. The third-order valence-electron chi connectivity index (χ3n) is 8.06. The molecule has 0 aliphatic heterocycles. The molecule has 3 rings (SSSR count). The Morgan fingerprint density at radius 3 is 2.08 bits per heavy atom. The highest BCUT2D eigenvalue weighted by atomic mass is 35.5. The third kappa shape index (κ3) is 21.8. The number of carbonyl (C=O) groups excluding carboxylic acids is 3. The van der Waals surface area contributed by atoms with Crippen LogP contribution in [0.4, 0.5) is 18.9 Å². The third-order valence-corrected chi connectivity index (χ3v) is 9.99. The second-order valence-electron chi connectivity index (χ2n) is 13.0. The maximum atomic E-state index is 14.2. The fourth-order valence-electron chi connectivity index (χ4n) is 5.19. The van der Waals surface area contributed by atoms with Crippen LogP contribution >= 0.6 is 65.6 Å². The predicted molar refractivity (Wildman–Crippen MR) is 249 cm³/mol. The molecule has 2 aromatic carbocycles. The molecule has 2 amide bonds. The molecular formula is C40H53Cl5F3N6O11P. The summed E-state index contributed by atoms with van der Waals surface area (Å²) in [6.07, 6.45) is 3.37. The number of aryl methyl sites for hydroxylation is 3. The van der Waals surface area contributed by atoms with Gasteiger partial charge in [0.2, 0.25) is 5.91 Å². The number of nitrogens with one attached hydrogen (secondary N) is 1. The highest BCUT2D eigenvalue weighted by molar-refractivity contribution is 7.51. The van der Waals surface area contributed by atoms with E-state index in [2.05, 4.69) is 30.5 Å². The van der Waals surface area contributed by atoms with Crippen LogP contribution in [0.3, 0.4) is 0 Å². The minimum absolute atomic E-state index is 0.0371. The van der Waals surface area contributed by atoms with Crippen molar-refractivity contribution in [2.75, 3.05) is 56.6 Å². The van der Waals surface area contributed by atoms with Gasteiger partial charge in [-0.3, -0.25) is 34.0 Å². The lowest BCUT2D eigenvalue weighted by molar-refractivity contribution is -0.142. The minimum atomic E-state index is -4.10. The quantitative estimate of drug-likeness (QED) is 0.0274. The highest BCUT2D eigenvalue weighted by Crippen LogP contribution is 2.32. The zero-order valence-corrected chi connectivity index (χ0v) is 41.2. The summed E-state index contributed by atoms with van der Waals surface area (Å²) in [5.74, 6) is -3.55. The van der Waals surface area contributed by atoms with E-state index in [-0.39, 0.29) is 64.1 Å². The molecule has 0 fully saturated rings. The molecule has 0 radical (unpaired) electrons. The summed E-state index contributed by atoms with van der Waals surface area (Å²) < 4.78 is 60.9. The van der Waals surface area contributed by atoms with Gasteiger partial charge in [0, 0.05) is 31.1 Å². The Bertz CT molecular complexity index is 2170. The molecule has 26 heteroatoms. The molecule has 1 heterocycles. The second kappa shape index (κ2) is 31.9. The van der Waals surface area contributed by atoms with Crippen molar-refractivity contribution >= 4 is 95.0 Å². The largest absolute Gasteiger partial charge is 0.480 e. The summed E-state index contributed by atoms with van der Waals surface area (Å²) in [5.41, 5.74) is 1.76. The number of carbonyl (C=O) groups is 4. The van der Waals surface area contributed by atoms with Crippen LogP contribution in [0, 0.1) is 19.7 Å². The number of alkyl halides is 6. The van der Waals surface area contributed by atoms with Crippen LogP contribution in [0.2, 0.25) is 5.02 Å². The number of esters is 1. The molecule has 4 N–H and O–H groups in total.